The topological polar surface area (TPSA) is 49.3 Å². The molecule has 1 heterocycles. The number of nitrogens with one attached hydrogen (secondary N) is 1. The standard InChI is InChI=1S/C16H18FNO2S/c17-12-4-5-13-11(8-12)9-14(21-13)15(19)18-10-16(20)6-2-1-3-7-16/h4-5,8-9,20H,1-3,6-7,10H2,(H,18,19). The predicted octanol–water partition coefficient (Wildman–Crippen LogP) is 3.47. The lowest BCUT2D eigenvalue weighted by Gasteiger charge is -2.32. The molecule has 1 saturated carbocycles. The molecular formula is C16H18FNO2S. The minimum Gasteiger partial charge on any atom is -0.388 e. The Labute approximate surface area is 126 Å². The second-order valence-electron chi connectivity index (χ2n) is 5.76. The van der Waals surface area contributed by atoms with E-state index in [1.165, 1.54) is 23.5 Å². The van der Waals surface area contributed by atoms with Crippen molar-refractivity contribution in [1.82, 2.24) is 5.32 Å². The molecule has 1 amide bonds. The van der Waals surface area contributed by atoms with Crippen LogP contribution in [-0.2, 0) is 0 Å². The molecule has 2 aromatic rings. The number of carbonyl (C=O) groups excluding carboxylic acids is 1. The van der Waals surface area contributed by atoms with Crippen LogP contribution in [0.3, 0.4) is 0 Å². The van der Waals surface area contributed by atoms with Crippen LogP contribution in [0.15, 0.2) is 24.3 Å². The van der Waals surface area contributed by atoms with Crippen LogP contribution in [0.2, 0.25) is 0 Å². The monoisotopic (exact) mass is 307 g/mol. The van der Waals surface area contributed by atoms with Gasteiger partial charge < -0.3 is 10.4 Å². The van der Waals surface area contributed by atoms with Crippen LogP contribution >= 0.6 is 11.3 Å². The van der Waals surface area contributed by atoms with Gasteiger partial charge in [-0.2, -0.15) is 0 Å². The minimum atomic E-state index is -0.767. The Kier molecular flexibility index (Phi) is 3.95. The maximum Gasteiger partial charge on any atom is 0.261 e. The average molecular weight is 307 g/mol. The molecule has 2 N–H and O–H groups in total. The third-order valence-electron chi connectivity index (χ3n) is 4.06. The number of thiophene rings is 1. The van der Waals surface area contributed by atoms with E-state index in [9.17, 15) is 14.3 Å². The summed E-state index contributed by atoms with van der Waals surface area (Å²) in [4.78, 5) is 12.7. The highest BCUT2D eigenvalue weighted by atomic mass is 32.1. The van der Waals surface area contributed by atoms with E-state index in [-0.39, 0.29) is 18.3 Å². The van der Waals surface area contributed by atoms with Crippen LogP contribution in [0.4, 0.5) is 4.39 Å². The number of amides is 1. The number of carbonyl (C=O) groups is 1. The van der Waals surface area contributed by atoms with Crippen LogP contribution in [0.5, 0.6) is 0 Å². The van der Waals surface area contributed by atoms with Crippen molar-refractivity contribution in [3.05, 3.63) is 35.0 Å². The second-order valence-corrected chi connectivity index (χ2v) is 6.84. The van der Waals surface area contributed by atoms with E-state index in [4.69, 9.17) is 0 Å². The summed E-state index contributed by atoms with van der Waals surface area (Å²) in [5.74, 6) is -0.501. The van der Waals surface area contributed by atoms with Gasteiger partial charge in [-0.15, -0.1) is 11.3 Å². The Hall–Kier alpha value is -1.46. The Morgan fingerprint density at radius 3 is 2.81 bits per heavy atom. The summed E-state index contributed by atoms with van der Waals surface area (Å²) >= 11 is 1.34. The smallest absolute Gasteiger partial charge is 0.261 e. The van der Waals surface area contributed by atoms with Crippen molar-refractivity contribution >= 4 is 27.3 Å². The molecule has 0 radical (unpaired) electrons. The first-order valence-electron chi connectivity index (χ1n) is 7.25. The van der Waals surface area contributed by atoms with Crippen molar-refractivity contribution in [1.29, 1.82) is 0 Å². The molecule has 0 bridgehead atoms. The number of fused-ring (bicyclic) bond motifs is 1. The summed E-state index contributed by atoms with van der Waals surface area (Å²) in [5, 5.41) is 13.9. The van der Waals surface area contributed by atoms with Gasteiger partial charge in [0.15, 0.2) is 0 Å². The third kappa shape index (κ3) is 3.24. The number of rotatable bonds is 3. The molecule has 1 aliphatic rings. The van der Waals surface area contributed by atoms with Crippen LogP contribution in [0.25, 0.3) is 10.1 Å². The Morgan fingerprint density at radius 1 is 1.29 bits per heavy atom. The van der Waals surface area contributed by atoms with Crippen LogP contribution in [0.1, 0.15) is 41.8 Å². The van der Waals surface area contributed by atoms with Gasteiger partial charge in [-0.3, -0.25) is 4.79 Å². The fourth-order valence-electron chi connectivity index (χ4n) is 2.84. The highest BCUT2D eigenvalue weighted by molar-refractivity contribution is 7.20. The normalized spacial score (nSPS) is 17.8. The molecule has 3 rings (SSSR count). The summed E-state index contributed by atoms with van der Waals surface area (Å²) in [6.07, 6.45) is 4.65. The largest absolute Gasteiger partial charge is 0.388 e. The maximum atomic E-state index is 13.2. The minimum absolute atomic E-state index is 0.199. The lowest BCUT2D eigenvalue weighted by Crippen LogP contribution is -2.44. The molecule has 0 saturated heterocycles. The number of benzene rings is 1. The van der Waals surface area contributed by atoms with Gasteiger partial charge in [0.1, 0.15) is 5.82 Å². The number of aliphatic hydroxyl groups is 1. The van der Waals surface area contributed by atoms with E-state index in [1.807, 2.05) is 0 Å². The van der Waals surface area contributed by atoms with Gasteiger partial charge in [0.25, 0.3) is 5.91 Å². The van der Waals surface area contributed by atoms with Gasteiger partial charge >= 0.3 is 0 Å². The van der Waals surface area contributed by atoms with E-state index in [2.05, 4.69) is 5.32 Å². The van der Waals surface area contributed by atoms with Gasteiger partial charge in [-0.25, -0.2) is 4.39 Å². The maximum absolute atomic E-state index is 13.2. The zero-order valence-corrected chi connectivity index (χ0v) is 12.5. The summed E-state index contributed by atoms with van der Waals surface area (Å²) < 4.78 is 14.0. The van der Waals surface area contributed by atoms with Gasteiger partial charge in [0, 0.05) is 11.2 Å². The molecule has 0 unspecified atom stereocenters. The lowest BCUT2D eigenvalue weighted by molar-refractivity contribution is 0.00529. The number of halogens is 1. The summed E-state index contributed by atoms with van der Waals surface area (Å²) in [5.41, 5.74) is -0.767. The van der Waals surface area contributed by atoms with E-state index >= 15 is 0 Å². The quantitative estimate of drug-likeness (QED) is 0.912. The van der Waals surface area contributed by atoms with E-state index in [1.54, 1.807) is 12.1 Å². The van der Waals surface area contributed by atoms with E-state index in [0.29, 0.717) is 4.88 Å². The predicted molar refractivity (Wildman–Crippen MR) is 82.2 cm³/mol. The van der Waals surface area contributed by atoms with Gasteiger partial charge in [0.05, 0.1) is 10.5 Å². The van der Waals surface area contributed by atoms with Crippen LogP contribution in [0, 0.1) is 5.82 Å². The Bertz CT molecular complexity index is 661. The second kappa shape index (κ2) is 5.73. The number of hydrogen-bond donors (Lipinski definition) is 2. The van der Waals surface area contributed by atoms with Crippen molar-refractivity contribution < 1.29 is 14.3 Å². The zero-order valence-electron chi connectivity index (χ0n) is 11.7. The molecule has 0 atom stereocenters. The molecular weight excluding hydrogens is 289 g/mol. The SMILES string of the molecule is O=C(NCC1(O)CCCCC1)c1cc2cc(F)ccc2s1. The first-order valence-corrected chi connectivity index (χ1v) is 8.07. The molecule has 0 aliphatic heterocycles. The molecule has 1 fully saturated rings. The number of hydrogen-bond acceptors (Lipinski definition) is 3. The van der Waals surface area contributed by atoms with Crippen molar-refractivity contribution in [2.24, 2.45) is 0 Å². The fourth-order valence-corrected chi connectivity index (χ4v) is 3.80. The third-order valence-corrected chi connectivity index (χ3v) is 5.18. The first kappa shape index (κ1) is 14.5. The molecule has 5 heteroatoms. The summed E-state index contributed by atoms with van der Waals surface area (Å²) in [6, 6.07) is 6.20. The Morgan fingerprint density at radius 2 is 2.05 bits per heavy atom. The van der Waals surface area contributed by atoms with Gasteiger partial charge in [-0.05, 0) is 42.5 Å². The van der Waals surface area contributed by atoms with E-state index < -0.39 is 5.60 Å². The summed E-state index contributed by atoms with van der Waals surface area (Å²) in [6.45, 7) is 0.286. The molecule has 1 aromatic carbocycles. The van der Waals surface area contributed by atoms with Gasteiger partial charge in [-0.1, -0.05) is 19.3 Å². The van der Waals surface area contributed by atoms with Gasteiger partial charge in [0.2, 0.25) is 0 Å². The molecule has 0 spiro atoms. The lowest BCUT2D eigenvalue weighted by atomic mass is 9.85. The van der Waals surface area contributed by atoms with Crippen LogP contribution in [-0.4, -0.2) is 23.2 Å². The fraction of sp³-hybridized carbons (Fsp3) is 0.438. The van der Waals surface area contributed by atoms with Crippen molar-refractivity contribution in [3.8, 4) is 0 Å². The van der Waals surface area contributed by atoms with Crippen molar-refractivity contribution in [3.63, 3.8) is 0 Å². The Balaban J connectivity index is 1.69. The summed E-state index contributed by atoms with van der Waals surface area (Å²) in [7, 11) is 0. The first-order chi connectivity index (χ1) is 10.1. The molecule has 1 aromatic heterocycles. The molecule has 21 heavy (non-hydrogen) atoms. The molecule has 3 nitrogen and oxygen atoms in total. The van der Waals surface area contributed by atoms with Crippen molar-refractivity contribution in [2.45, 2.75) is 37.7 Å². The molecule has 1 aliphatic carbocycles. The molecule has 112 valence electrons. The average Bonchev–Trinajstić information content (AvgIpc) is 2.88. The van der Waals surface area contributed by atoms with Crippen molar-refractivity contribution in [2.75, 3.05) is 6.54 Å². The van der Waals surface area contributed by atoms with E-state index in [0.717, 1.165) is 42.2 Å². The van der Waals surface area contributed by atoms with Crippen LogP contribution < -0.4 is 5.32 Å². The zero-order chi connectivity index (χ0) is 14.9. The highest BCUT2D eigenvalue weighted by Gasteiger charge is 2.29. The highest BCUT2D eigenvalue weighted by Crippen LogP contribution is 2.28.